The van der Waals surface area contributed by atoms with Gasteiger partial charge in [-0.15, -0.1) is 0 Å². The summed E-state index contributed by atoms with van der Waals surface area (Å²) in [5.74, 6) is 0.0340. The molecule has 0 atom stereocenters. The first-order chi connectivity index (χ1) is 17.6. The molecule has 2 aromatic rings. The normalized spacial score (nSPS) is 13.0. The third kappa shape index (κ3) is 5.98. The van der Waals surface area contributed by atoms with Gasteiger partial charge in [0.15, 0.2) is 23.1 Å². The molecule has 0 saturated heterocycles. The maximum Gasteiger partial charge on any atom is 0.197 e. The van der Waals surface area contributed by atoms with Crippen LogP contribution in [0.4, 0.5) is 10.1 Å². The van der Waals surface area contributed by atoms with Crippen LogP contribution in [-0.2, 0) is 12.0 Å². The molecule has 0 amide bonds. The number of carbonyl (C=O) groups is 1. The van der Waals surface area contributed by atoms with Crippen LogP contribution < -0.4 is 19.5 Å². The number of methoxy groups -OCH3 is 1. The highest BCUT2D eigenvalue weighted by atomic mass is 19.1. The van der Waals surface area contributed by atoms with Crippen LogP contribution in [0.3, 0.4) is 0 Å². The molecule has 202 valence electrons. The largest absolute Gasteiger partial charge is 0.494 e. The summed E-state index contributed by atoms with van der Waals surface area (Å²) in [5.41, 5.74) is 2.41. The molecule has 3 rings (SSSR count). The van der Waals surface area contributed by atoms with Crippen LogP contribution in [0.2, 0.25) is 0 Å². The summed E-state index contributed by atoms with van der Waals surface area (Å²) in [5, 5.41) is 21.1. The quantitative estimate of drug-likeness (QED) is 0.277. The van der Waals surface area contributed by atoms with Crippen molar-refractivity contribution >= 4 is 17.3 Å². The highest BCUT2D eigenvalue weighted by Crippen LogP contribution is 2.40. The Bertz CT molecular complexity index is 1160. The van der Waals surface area contributed by atoms with Gasteiger partial charge in [-0.1, -0.05) is 20.8 Å². The van der Waals surface area contributed by atoms with Crippen LogP contribution in [0.1, 0.15) is 68.1 Å². The zero-order valence-corrected chi connectivity index (χ0v) is 22.6. The van der Waals surface area contributed by atoms with E-state index in [9.17, 15) is 9.90 Å². The van der Waals surface area contributed by atoms with Gasteiger partial charge in [0.05, 0.1) is 38.1 Å². The lowest BCUT2D eigenvalue weighted by Gasteiger charge is -2.26. The number of halogens is 1. The zero-order valence-electron chi connectivity index (χ0n) is 22.6. The van der Waals surface area contributed by atoms with Crippen LogP contribution in [0.25, 0.3) is 0 Å². The fourth-order valence-corrected chi connectivity index (χ4v) is 4.42. The third-order valence-corrected chi connectivity index (χ3v) is 6.18. The van der Waals surface area contributed by atoms with E-state index in [1.807, 2.05) is 33.8 Å². The van der Waals surface area contributed by atoms with E-state index in [1.54, 1.807) is 31.1 Å². The number of nitrogens with one attached hydrogen (secondary N) is 2. The number of carbonyl (C=O) groups excluding carboxylic acids is 1. The summed E-state index contributed by atoms with van der Waals surface area (Å²) in [6.45, 7) is 11.0. The monoisotopic (exact) mass is 515 g/mol. The van der Waals surface area contributed by atoms with Gasteiger partial charge < -0.3 is 29.5 Å². The summed E-state index contributed by atoms with van der Waals surface area (Å²) in [6.07, 6.45) is 0.550. The lowest BCUT2D eigenvalue weighted by atomic mass is 9.84. The Morgan fingerprint density at radius 2 is 1.86 bits per heavy atom. The number of aliphatic hydroxyl groups excluding tert-OH is 1. The molecule has 3 N–H and O–H groups in total. The zero-order chi connectivity index (χ0) is 27.3. The Kier molecular flexibility index (Phi) is 9.02. The number of nitrogens with zero attached hydrogens (tertiary/aromatic N) is 1. The molecular weight excluding hydrogens is 477 g/mol. The molecule has 9 heteroatoms. The van der Waals surface area contributed by atoms with Gasteiger partial charge in [0.2, 0.25) is 0 Å². The lowest BCUT2D eigenvalue weighted by Crippen LogP contribution is -2.30. The fraction of sp³-hybridized carbons (Fsp3) is 0.500. The number of anilines is 1. The van der Waals surface area contributed by atoms with Crippen molar-refractivity contribution in [1.82, 2.24) is 4.90 Å². The van der Waals surface area contributed by atoms with E-state index in [-0.39, 0.29) is 54.7 Å². The van der Waals surface area contributed by atoms with Gasteiger partial charge in [0.1, 0.15) is 11.6 Å². The first-order valence-electron chi connectivity index (χ1n) is 12.6. The van der Waals surface area contributed by atoms with Gasteiger partial charge in [0.25, 0.3) is 0 Å². The minimum absolute atomic E-state index is 0.00963. The minimum Gasteiger partial charge on any atom is -0.494 e. The van der Waals surface area contributed by atoms with Crippen molar-refractivity contribution in [3.8, 4) is 17.2 Å². The number of rotatable bonds is 12. The molecule has 0 radical (unpaired) electrons. The number of benzene rings is 2. The molecule has 1 aliphatic rings. The van der Waals surface area contributed by atoms with E-state index in [0.717, 1.165) is 5.56 Å². The molecule has 37 heavy (non-hydrogen) atoms. The standard InChI is InChI=1S/C28H38FN3O5/c1-7-36-22-14-18-15-32(27(30)23(18)24(29)26(22)37-8-2)16-21(34)17-12-19(28(3,4)5)25(35-6)20(13-17)31-10-9-11-33/h12-14,30-31,33H,7-11,15-16H2,1-6H3. The number of hydrogen-bond donors (Lipinski definition) is 3. The van der Waals surface area contributed by atoms with Crippen molar-refractivity contribution < 1.29 is 28.5 Å². The average Bonchev–Trinajstić information content (AvgIpc) is 3.15. The molecule has 8 nitrogen and oxygen atoms in total. The minimum atomic E-state index is -0.641. The second-order valence-corrected chi connectivity index (χ2v) is 9.90. The van der Waals surface area contributed by atoms with Crippen LogP contribution >= 0.6 is 0 Å². The molecule has 1 heterocycles. The predicted octanol–water partition coefficient (Wildman–Crippen LogP) is 4.75. The molecule has 0 spiro atoms. The Balaban J connectivity index is 1.93. The Morgan fingerprint density at radius 1 is 1.16 bits per heavy atom. The number of amidine groups is 1. The third-order valence-electron chi connectivity index (χ3n) is 6.18. The van der Waals surface area contributed by atoms with Crippen LogP contribution in [0.15, 0.2) is 18.2 Å². The van der Waals surface area contributed by atoms with E-state index in [2.05, 4.69) is 5.32 Å². The van der Waals surface area contributed by atoms with Crippen molar-refractivity contribution in [3.63, 3.8) is 0 Å². The van der Waals surface area contributed by atoms with Crippen LogP contribution in [0, 0.1) is 11.2 Å². The lowest BCUT2D eigenvalue weighted by molar-refractivity contribution is 0.0962. The first-order valence-corrected chi connectivity index (χ1v) is 12.6. The van der Waals surface area contributed by atoms with Gasteiger partial charge >= 0.3 is 0 Å². The number of fused-ring (bicyclic) bond motifs is 1. The topological polar surface area (TPSA) is 104 Å². The fourth-order valence-electron chi connectivity index (χ4n) is 4.42. The smallest absolute Gasteiger partial charge is 0.197 e. The maximum absolute atomic E-state index is 15.4. The average molecular weight is 516 g/mol. The van der Waals surface area contributed by atoms with Crippen LogP contribution in [0.5, 0.6) is 17.2 Å². The SMILES string of the molecule is CCOc1cc2c(c(F)c1OCC)C(=N)N(CC(=O)c1cc(NCCCO)c(OC)c(C(C)(C)C)c1)C2. The molecule has 0 fully saturated rings. The van der Waals surface area contributed by atoms with Crippen molar-refractivity contribution in [1.29, 1.82) is 5.41 Å². The summed E-state index contributed by atoms with van der Waals surface area (Å²) in [4.78, 5) is 15.0. The van der Waals surface area contributed by atoms with Gasteiger partial charge in [-0.25, -0.2) is 4.39 Å². The summed E-state index contributed by atoms with van der Waals surface area (Å²) < 4.78 is 32.2. The van der Waals surface area contributed by atoms with E-state index in [1.165, 1.54) is 0 Å². The second-order valence-electron chi connectivity index (χ2n) is 9.90. The number of ether oxygens (including phenoxy) is 3. The molecule has 0 aliphatic carbocycles. The summed E-state index contributed by atoms with van der Waals surface area (Å²) in [6, 6.07) is 5.26. The Morgan fingerprint density at radius 3 is 2.46 bits per heavy atom. The molecular formula is C28H38FN3O5. The van der Waals surface area contributed by atoms with E-state index in [4.69, 9.17) is 19.6 Å². The van der Waals surface area contributed by atoms with Crippen molar-refractivity contribution in [3.05, 3.63) is 46.3 Å². The van der Waals surface area contributed by atoms with E-state index in [0.29, 0.717) is 47.9 Å². The van der Waals surface area contributed by atoms with E-state index >= 15 is 4.39 Å². The molecule has 0 unspecified atom stereocenters. The highest BCUT2D eigenvalue weighted by Gasteiger charge is 2.33. The predicted molar refractivity (Wildman–Crippen MR) is 142 cm³/mol. The molecule has 0 aromatic heterocycles. The Hall–Kier alpha value is -3.33. The number of hydrogen-bond acceptors (Lipinski definition) is 7. The van der Waals surface area contributed by atoms with E-state index < -0.39 is 5.82 Å². The van der Waals surface area contributed by atoms with Gasteiger partial charge in [-0.2, -0.15) is 0 Å². The van der Waals surface area contributed by atoms with Crippen molar-refractivity contribution in [2.24, 2.45) is 0 Å². The second kappa shape index (κ2) is 11.8. The van der Waals surface area contributed by atoms with Crippen LogP contribution in [-0.4, -0.2) is 61.6 Å². The van der Waals surface area contributed by atoms with Gasteiger partial charge in [-0.05, 0) is 49.4 Å². The number of ketones is 1. The number of Topliss-reactive ketones (excluding diaryl/α,β-unsaturated/α-hetero) is 1. The van der Waals surface area contributed by atoms with Crippen molar-refractivity contribution in [2.75, 3.05) is 45.3 Å². The first kappa shape index (κ1) is 28.2. The van der Waals surface area contributed by atoms with Crippen molar-refractivity contribution in [2.45, 2.75) is 53.0 Å². The van der Waals surface area contributed by atoms with Gasteiger partial charge in [-0.3, -0.25) is 10.2 Å². The summed E-state index contributed by atoms with van der Waals surface area (Å²) >= 11 is 0. The molecule has 0 bridgehead atoms. The van der Waals surface area contributed by atoms with Gasteiger partial charge in [0, 0.05) is 30.8 Å². The Labute approximate surface area is 218 Å². The highest BCUT2D eigenvalue weighted by molar-refractivity contribution is 6.06. The molecule has 2 aromatic carbocycles. The maximum atomic E-state index is 15.4. The molecule has 1 aliphatic heterocycles. The molecule has 0 saturated carbocycles. The number of aliphatic hydroxyl groups is 1. The summed E-state index contributed by atoms with van der Waals surface area (Å²) in [7, 11) is 1.59.